The third-order valence-corrected chi connectivity index (χ3v) is 3.45. The summed E-state index contributed by atoms with van der Waals surface area (Å²) in [5.74, 6) is 1.75. The third-order valence-electron chi connectivity index (χ3n) is 3.45. The van der Waals surface area contributed by atoms with Gasteiger partial charge in [-0.25, -0.2) is 0 Å². The molecule has 0 spiro atoms. The van der Waals surface area contributed by atoms with Gasteiger partial charge in [-0.05, 0) is 37.6 Å². The first-order valence-corrected chi connectivity index (χ1v) is 8.89. The lowest BCUT2D eigenvalue weighted by Crippen LogP contribution is -2.05. The highest BCUT2D eigenvalue weighted by Gasteiger charge is 2.10. The summed E-state index contributed by atoms with van der Waals surface area (Å²) >= 11 is 0. The molecule has 3 heteroatoms. The van der Waals surface area contributed by atoms with Crippen molar-refractivity contribution < 1.29 is 9.47 Å². The van der Waals surface area contributed by atoms with Crippen molar-refractivity contribution in [1.82, 2.24) is 0 Å². The maximum Gasteiger partial charge on any atom is 0.157 e. The van der Waals surface area contributed by atoms with Gasteiger partial charge in [0.15, 0.2) is 5.76 Å². The van der Waals surface area contributed by atoms with Crippen LogP contribution in [0.2, 0.25) is 0 Å². The van der Waals surface area contributed by atoms with Crippen molar-refractivity contribution in [2.75, 3.05) is 0 Å². The Morgan fingerprint density at radius 3 is 2.33 bits per heavy atom. The van der Waals surface area contributed by atoms with Crippen LogP contribution in [0.3, 0.4) is 0 Å². The molecule has 0 aliphatic carbocycles. The van der Waals surface area contributed by atoms with E-state index in [1.165, 1.54) is 0 Å². The van der Waals surface area contributed by atoms with Crippen LogP contribution in [0.5, 0.6) is 0 Å². The highest BCUT2D eigenvalue weighted by Crippen LogP contribution is 2.21. The first-order chi connectivity index (χ1) is 13.2. The molecule has 2 N–H and O–H groups in total. The highest BCUT2D eigenvalue weighted by molar-refractivity contribution is 5.29. The summed E-state index contributed by atoms with van der Waals surface area (Å²) in [7, 11) is 0. The standard InChI is InChI=1S/C24H29NO2/c1-5-9-11-18-24(27-23(15-7-3)21(25)14-6-2)22(8-4)26-19-20-16-12-10-13-17-20/h5-17H,1,4,18-19,25H2,2-3H3/b11-9-,14-6-,15-7-,23-21-,24-22-. The Hall–Kier alpha value is -3.20. The molecule has 0 saturated heterocycles. The maximum atomic E-state index is 6.12. The SMILES string of the molecule is C=C/C=C\C/C(OC(/C=C\C)=C(N)/C=C\C)=C(\C=C)OCc1ccccc1. The molecule has 0 saturated carbocycles. The lowest BCUT2D eigenvalue weighted by Gasteiger charge is -2.16. The van der Waals surface area contributed by atoms with E-state index in [1.54, 1.807) is 18.2 Å². The second kappa shape index (κ2) is 13.1. The van der Waals surface area contributed by atoms with E-state index in [0.717, 1.165) is 5.56 Å². The van der Waals surface area contributed by atoms with E-state index in [4.69, 9.17) is 15.2 Å². The molecule has 0 aromatic heterocycles. The molecule has 1 aromatic carbocycles. The summed E-state index contributed by atoms with van der Waals surface area (Å²) < 4.78 is 12.1. The average molecular weight is 364 g/mol. The van der Waals surface area contributed by atoms with Crippen molar-refractivity contribution in [3.05, 3.63) is 121 Å². The van der Waals surface area contributed by atoms with Crippen LogP contribution in [0, 0.1) is 0 Å². The van der Waals surface area contributed by atoms with E-state index in [0.29, 0.717) is 36.0 Å². The second-order valence-electron chi connectivity index (χ2n) is 5.56. The van der Waals surface area contributed by atoms with Gasteiger partial charge in [0.05, 0.1) is 5.70 Å². The van der Waals surface area contributed by atoms with Gasteiger partial charge >= 0.3 is 0 Å². The Morgan fingerprint density at radius 2 is 1.74 bits per heavy atom. The topological polar surface area (TPSA) is 44.5 Å². The molecule has 0 fully saturated rings. The van der Waals surface area contributed by atoms with E-state index < -0.39 is 0 Å². The molecular weight excluding hydrogens is 334 g/mol. The maximum absolute atomic E-state index is 6.12. The zero-order valence-corrected chi connectivity index (χ0v) is 16.2. The molecule has 142 valence electrons. The van der Waals surface area contributed by atoms with Gasteiger partial charge in [-0.15, -0.1) is 0 Å². The van der Waals surface area contributed by atoms with Crippen LogP contribution < -0.4 is 5.73 Å². The molecule has 0 bridgehead atoms. The Balaban J connectivity index is 3.18. The van der Waals surface area contributed by atoms with Crippen LogP contribution in [-0.2, 0) is 16.1 Å². The predicted octanol–water partition coefficient (Wildman–Crippen LogP) is 6.07. The molecule has 27 heavy (non-hydrogen) atoms. The van der Waals surface area contributed by atoms with Crippen LogP contribution in [0.4, 0.5) is 0 Å². The summed E-state index contributed by atoms with van der Waals surface area (Å²) in [5, 5.41) is 0. The van der Waals surface area contributed by atoms with Crippen molar-refractivity contribution in [2.24, 2.45) is 5.73 Å². The molecule has 0 atom stereocenters. The van der Waals surface area contributed by atoms with Gasteiger partial charge in [0, 0.05) is 6.42 Å². The van der Waals surface area contributed by atoms with Gasteiger partial charge in [0.2, 0.25) is 0 Å². The van der Waals surface area contributed by atoms with Crippen LogP contribution in [0.1, 0.15) is 25.8 Å². The minimum atomic E-state index is 0.424. The number of allylic oxidation sites excluding steroid dienone is 8. The Labute approximate surface area is 163 Å². The molecular formula is C24H29NO2. The first-order valence-electron chi connectivity index (χ1n) is 8.89. The van der Waals surface area contributed by atoms with E-state index in [-0.39, 0.29) is 0 Å². The zero-order valence-electron chi connectivity index (χ0n) is 16.2. The van der Waals surface area contributed by atoms with E-state index in [9.17, 15) is 0 Å². The molecule has 0 radical (unpaired) electrons. The van der Waals surface area contributed by atoms with Crippen LogP contribution >= 0.6 is 0 Å². The van der Waals surface area contributed by atoms with Gasteiger partial charge in [0.25, 0.3) is 0 Å². The first kappa shape index (κ1) is 21.8. The molecule has 1 aromatic rings. The lowest BCUT2D eigenvalue weighted by atomic mass is 10.2. The number of benzene rings is 1. The quantitative estimate of drug-likeness (QED) is 0.383. The molecule has 0 heterocycles. The highest BCUT2D eigenvalue weighted by atomic mass is 16.5. The molecule has 0 aliphatic rings. The Bertz CT molecular complexity index is 750. The third kappa shape index (κ3) is 8.15. The summed E-state index contributed by atoms with van der Waals surface area (Å²) in [5.41, 5.74) is 7.72. The zero-order chi connectivity index (χ0) is 19.9. The van der Waals surface area contributed by atoms with Crippen molar-refractivity contribution in [1.29, 1.82) is 0 Å². The normalized spacial score (nSPS) is 13.6. The number of nitrogens with two attached hydrogens (primary N) is 1. The van der Waals surface area contributed by atoms with Crippen LogP contribution in [-0.4, -0.2) is 0 Å². The van der Waals surface area contributed by atoms with Crippen LogP contribution in [0.15, 0.2) is 115 Å². The van der Waals surface area contributed by atoms with Gasteiger partial charge in [-0.3, -0.25) is 0 Å². The van der Waals surface area contributed by atoms with E-state index in [2.05, 4.69) is 13.2 Å². The largest absolute Gasteiger partial charge is 0.485 e. The van der Waals surface area contributed by atoms with Gasteiger partial charge in [0.1, 0.15) is 18.1 Å². The summed E-state index contributed by atoms with van der Waals surface area (Å²) in [6.07, 6.45) is 15.0. The second-order valence-corrected chi connectivity index (χ2v) is 5.56. The van der Waals surface area contributed by atoms with Crippen LogP contribution in [0.25, 0.3) is 0 Å². The summed E-state index contributed by atoms with van der Waals surface area (Å²) in [4.78, 5) is 0. The number of hydrogen-bond donors (Lipinski definition) is 1. The fourth-order valence-corrected chi connectivity index (χ4v) is 2.19. The Kier molecular flexibility index (Phi) is 10.6. The van der Waals surface area contributed by atoms with Crippen molar-refractivity contribution in [3.8, 4) is 0 Å². The van der Waals surface area contributed by atoms with Gasteiger partial charge < -0.3 is 15.2 Å². The van der Waals surface area contributed by atoms with Crippen molar-refractivity contribution in [2.45, 2.75) is 26.9 Å². The minimum absolute atomic E-state index is 0.424. The van der Waals surface area contributed by atoms with E-state index in [1.807, 2.05) is 74.6 Å². The summed E-state index contributed by atoms with van der Waals surface area (Å²) in [6, 6.07) is 9.94. The lowest BCUT2D eigenvalue weighted by molar-refractivity contribution is 0.180. The average Bonchev–Trinajstić information content (AvgIpc) is 2.68. The molecule has 0 aliphatic heterocycles. The summed E-state index contributed by atoms with van der Waals surface area (Å²) in [6.45, 7) is 11.8. The molecule has 3 nitrogen and oxygen atoms in total. The van der Waals surface area contributed by atoms with Crippen molar-refractivity contribution in [3.63, 3.8) is 0 Å². The van der Waals surface area contributed by atoms with Gasteiger partial charge in [-0.1, -0.05) is 73.9 Å². The minimum Gasteiger partial charge on any atom is -0.485 e. The van der Waals surface area contributed by atoms with E-state index >= 15 is 0 Å². The predicted molar refractivity (Wildman–Crippen MR) is 114 cm³/mol. The fourth-order valence-electron chi connectivity index (χ4n) is 2.19. The van der Waals surface area contributed by atoms with Gasteiger partial charge in [-0.2, -0.15) is 0 Å². The number of hydrogen-bond acceptors (Lipinski definition) is 3. The number of rotatable bonds is 11. The van der Waals surface area contributed by atoms with Crippen molar-refractivity contribution >= 4 is 0 Å². The molecule has 0 amide bonds. The molecule has 0 unspecified atom stereocenters. The molecule has 1 rings (SSSR count). The fraction of sp³-hybridized carbons (Fsp3) is 0.167. The Morgan fingerprint density at radius 1 is 1.04 bits per heavy atom. The monoisotopic (exact) mass is 363 g/mol. The number of ether oxygens (including phenoxy) is 2. The smallest absolute Gasteiger partial charge is 0.157 e.